The average molecular weight is 172 g/mol. The lowest BCUT2D eigenvalue weighted by Gasteiger charge is -2.27. The molecule has 0 aromatic carbocycles. The van der Waals surface area contributed by atoms with Gasteiger partial charge in [-0.25, -0.2) is 0 Å². The number of hydrogen-bond acceptors (Lipinski definition) is 2. The highest BCUT2D eigenvalue weighted by atomic mass is 15.2. The van der Waals surface area contributed by atoms with Crippen LogP contribution in [0.4, 0.5) is 0 Å². The summed E-state index contributed by atoms with van der Waals surface area (Å²) in [5, 5.41) is 0. The summed E-state index contributed by atoms with van der Waals surface area (Å²) in [6.45, 7) is 8.91. The maximum Gasteiger partial charge on any atom is 0.0571 e. The molecule has 0 bridgehead atoms. The predicted octanol–water partition coefficient (Wildman–Crippen LogP) is 2.19. The van der Waals surface area contributed by atoms with Gasteiger partial charge in [-0.2, -0.15) is 0 Å². The number of nitrogens with two attached hydrogens (primary N) is 1. The molecule has 0 rings (SSSR count). The van der Waals surface area contributed by atoms with E-state index in [1.54, 1.807) is 0 Å². The summed E-state index contributed by atoms with van der Waals surface area (Å²) in [6, 6.07) is 0. The summed E-state index contributed by atoms with van der Waals surface area (Å²) in [7, 11) is 0. The van der Waals surface area contributed by atoms with Crippen LogP contribution in [0.15, 0.2) is 0 Å². The molecule has 1 unspecified atom stereocenters. The molecule has 74 valence electrons. The van der Waals surface area contributed by atoms with Gasteiger partial charge in [0.1, 0.15) is 0 Å². The maximum atomic E-state index is 6.03. The third-order valence-corrected chi connectivity index (χ3v) is 2.08. The average Bonchev–Trinajstić information content (AvgIpc) is 2.04. The van der Waals surface area contributed by atoms with Crippen LogP contribution in [0.1, 0.15) is 46.5 Å². The van der Waals surface area contributed by atoms with E-state index < -0.39 is 0 Å². The molecule has 2 N–H and O–H groups in total. The van der Waals surface area contributed by atoms with Gasteiger partial charge in [-0.3, -0.25) is 4.90 Å². The Labute approximate surface area is 77.1 Å². The molecule has 0 radical (unpaired) electrons. The van der Waals surface area contributed by atoms with Crippen molar-refractivity contribution in [3.63, 3.8) is 0 Å². The second-order valence-electron chi connectivity index (χ2n) is 3.39. The van der Waals surface area contributed by atoms with E-state index in [4.69, 9.17) is 5.73 Å². The topological polar surface area (TPSA) is 29.3 Å². The van der Waals surface area contributed by atoms with Crippen molar-refractivity contribution in [1.82, 2.24) is 4.90 Å². The molecular weight excluding hydrogens is 148 g/mol. The van der Waals surface area contributed by atoms with Gasteiger partial charge in [-0.05, 0) is 32.4 Å². The van der Waals surface area contributed by atoms with Gasteiger partial charge in [0.05, 0.1) is 6.17 Å². The molecule has 1 atom stereocenters. The zero-order valence-corrected chi connectivity index (χ0v) is 8.84. The molecule has 0 fully saturated rings. The van der Waals surface area contributed by atoms with Crippen LogP contribution in [0.2, 0.25) is 0 Å². The highest BCUT2D eigenvalue weighted by molar-refractivity contribution is 4.64. The Bertz CT molecular complexity index is 87.8. The Hall–Kier alpha value is -0.0800. The van der Waals surface area contributed by atoms with Crippen molar-refractivity contribution >= 4 is 0 Å². The van der Waals surface area contributed by atoms with Crippen LogP contribution in [0, 0.1) is 0 Å². The van der Waals surface area contributed by atoms with Crippen molar-refractivity contribution in [2.45, 2.75) is 52.6 Å². The summed E-state index contributed by atoms with van der Waals surface area (Å²) in [5.74, 6) is 0. The van der Waals surface area contributed by atoms with E-state index in [2.05, 4.69) is 25.7 Å². The summed E-state index contributed by atoms with van der Waals surface area (Å²) >= 11 is 0. The first-order valence-electron chi connectivity index (χ1n) is 5.25. The standard InChI is InChI=1S/C10H24N2/c1-4-7-10(11)12(8-5-2)9-6-3/h10H,4-9,11H2,1-3H3. The van der Waals surface area contributed by atoms with Crippen molar-refractivity contribution in [2.24, 2.45) is 5.73 Å². The molecule has 2 nitrogen and oxygen atoms in total. The van der Waals surface area contributed by atoms with Gasteiger partial charge in [0.2, 0.25) is 0 Å². The minimum Gasteiger partial charge on any atom is -0.316 e. The van der Waals surface area contributed by atoms with Crippen LogP contribution >= 0.6 is 0 Å². The van der Waals surface area contributed by atoms with E-state index in [0.717, 1.165) is 19.5 Å². The van der Waals surface area contributed by atoms with Gasteiger partial charge >= 0.3 is 0 Å². The Kier molecular flexibility index (Phi) is 7.51. The normalized spacial score (nSPS) is 13.8. The molecule has 2 heteroatoms. The van der Waals surface area contributed by atoms with Gasteiger partial charge in [0.25, 0.3) is 0 Å². The lowest BCUT2D eigenvalue weighted by Crippen LogP contribution is -2.42. The summed E-state index contributed by atoms with van der Waals surface area (Å²) in [6.07, 6.45) is 5.01. The van der Waals surface area contributed by atoms with Crippen LogP contribution in [0.25, 0.3) is 0 Å². The molecule has 0 aliphatic rings. The summed E-state index contributed by atoms with van der Waals surface area (Å²) in [4.78, 5) is 2.39. The Morgan fingerprint density at radius 1 is 1.00 bits per heavy atom. The molecule has 0 aromatic heterocycles. The molecule has 0 aliphatic heterocycles. The largest absolute Gasteiger partial charge is 0.316 e. The first-order valence-corrected chi connectivity index (χ1v) is 5.25. The smallest absolute Gasteiger partial charge is 0.0571 e. The highest BCUT2D eigenvalue weighted by Gasteiger charge is 2.10. The van der Waals surface area contributed by atoms with Crippen molar-refractivity contribution in [2.75, 3.05) is 13.1 Å². The van der Waals surface area contributed by atoms with Gasteiger partial charge in [-0.15, -0.1) is 0 Å². The minimum absolute atomic E-state index is 0.287. The van der Waals surface area contributed by atoms with Crippen molar-refractivity contribution in [3.05, 3.63) is 0 Å². The second-order valence-corrected chi connectivity index (χ2v) is 3.39. The molecule has 0 aliphatic carbocycles. The minimum atomic E-state index is 0.287. The third kappa shape index (κ3) is 4.73. The van der Waals surface area contributed by atoms with Gasteiger partial charge < -0.3 is 5.73 Å². The summed E-state index contributed by atoms with van der Waals surface area (Å²) < 4.78 is 0. The van der Waals surface area contributed by atoms with E-state index in [1.807, 2.05) is 0 Å². The Morgan fingerprint density at radius 3 is 1.83 bits per heavy atom. The molecular formula is C10H24N2. The Morgan fingerprint density at radius 2 is 1.50 bits per heavy atom. The molecule has 0 spiro atoms. The lowest BCUT2D eigenvalue weighted by atomic mass is 10.2. The van der Waals surface area contributed by atoms with E-state index in [9.17, 15) is 0 Å². The van der Waals surface area contributed by atoms with Gasteiger partial charge in [0.15, 0.2) is 0 Å². The molecule has 0 aromatic rings. The fraction of sp³-hybridized carbons (Fsp3) is 1.00. The van der Waals surface area contributed by atoms with Crippen LogP contribution in [-0.4, -0.2) is 24.2 Å². The molecule has 12 heavy (non-hydrogen) atoms. The molecule has 0 heterocycles. The predicted molar refractivity (Wildman–Crippen MR) is 55.0 cm³/mol. The molecule has 0 amide bonds. The number of nitrogens with zero attached hydrogens (tertiary/aromatic N) is 1. The lowest BCUT2D eigenvalue weighted by molar-refractivity contribution is 0.190. The van der Waals surface area contributed by atoms with Crippen molar-refractivity contribution in [3.8, 4) is 0 Å². The molecule has 0 saturated heterocycles. The first-order chi connectivity index (χ1) is 5.76. The molecule has 0 saturated carbocycles. The fourth-order valence-electron chi connectivity index (χ4n) is 1.50. The fourth-order valence-corrected chi connectivity index (χ4v) is 1.50. The third-order valence-electron chi connectivity index (χ3n) is 2.08. The SMILES string of the molecule is CCCC(N)N(CCC)CCC. The second kappa shape index (κ2) is 7.56. The van der Waals surface area contributed by atoms with Gasteiger partial charge in [0, 0.05) is 0 Å². The Balaban J connectivity index is 3.72. The van der Waals surface area contributed by atoms with E-state index >= 15 is 0 Å². The van der Waals surface area contributed by atoms with Crippen LogP contribution in [0.3, 0.4) is 0 Å². The van der Waals surface area contributed by atoms with Crippen LogP contribution < -0.4 is 5.73 Å². The number of rotatable bonds is 7. The zero-order valence-electron chi connectivity index (χ0n) is 8.84. The van der Waals surface area contributed by atoms with E-state index in [0.29, 0.717) is 0 Å². The van der Waals surface area contributed by atoms with E-state index in [1.165, 1.54) is 19.3 Å². The monoisotopic (exact) mass is 172 g/mol. The quantitative estimate of drug-likeness (QED) is 0.596. The maximum absolute atomic E-state index is 6.03. The first kappa shape index (κ1) is 11.9. The zero-order chi connectivity index (χ0) is 9.40. The highest BCUT2D eigenvalue weighted by Crippen LogP contribution is 2.03. The van der Waals surface area contributed by atoms with Gasteiger partial charge in [-0.1, -0.05) is 27.2 Å². The van der Waals surface area contributed by atoms with Crippen LogP contribution in [-0.2, 0) is 0 Å². The summed E-state index contributed by atoms with van der Waals surface area (Å²) in [5.41, 5.74) is 6.03. The number of hydrogen-bond donors (Lipinski definition) is 1. The van der Waals surface area contributed by atoms with Crippen molar-refractivity contribution in [1.29, 1.82) is 0 Å². The van der Waals surface area contributed by atoms with Crippen LogP contribution in [0.5, 0.6) is 0 Å². The van der Waals surface area contributed by atoms with E-state index in [-0.39, 0.29) is 6.17 Å². The van der Waals surface area contributed by atoms with Crippen molar-refractivity contribution < 1.29 is 0 Å².